The van der Waals surface area contributed by atoms with E-state index in [0.29, 0.717) is 30.4 Å². The summed E-state index contributed by atoms with van der Waals surface area (Å²) in [7, 11) is 0. The summed E-state index contributed by atoms with van der Waals surface area (Å²) in [6.07, 6.45) is 0. The first-order chi connectivity index (χ1) is 10.1. The van der Waals surface area contributed by atoms with Crippen LogP contribution in [0.4, 0.5) is 11.4 Å². The van der Waals surface area contributed by atoms with Gasteiger partial charge < -0.3 is 20.5 Å². The molecule has 2 aromatic rings. The number of para-hydroxylation sites is 2. The molecule has 0 heterocycles. The molecule has 0 saturated heterocycles. The summed E-state index contributed by atoms with van der Waals surface area (Å²) in [4.78, 5) is 10.9. The second kappa shape index (κ2) is 7.19. The van der Waals surface area contributed by atoms with Crippen molar-refractivity contribution in [3.63, 3.8) is 0 Å². The van der Waals surface area contributed by atoms with Gasteiger partial charge in [0.1, 0.15) is 24.7 Å². The predicted molar refractivity (Wildman–Crippen MR) is 82.6 cm³/mol. The van der Waals surface area contributed by atoms with Crippen LogP contribution in [0.5, 0.6) is 11.5 Å². The monoisotopic (exact) mass is 286 g/mol. The van der Waals surface area contributed by atoms with Crippen LogP contribution in [-0.4, -0.2) is 19.1 Å². The Morgan fingerprint density at radius 3 is 2.38 bits per heavy atom. The molecule has 0 aliphatic carbocycles. The Kier molecular flexibility index (Phi) is 5.04. The van der Waals surface area contributed by atoms with E-state index < -0.39 is 0 Å². The second-order valence-electron chi connectivity index (χ2n) is 4.44. The summed E-state index contributed by atoms with van der Waals surface area (Å²) in [5, 5.41) is 2.69. The molecule has 0 atom stereocenters. The van der Waals surface area contributed by atoms with Crippen LogP contribution in [0.1, 0.15) is 6.92 Å². The lowest BCUT2D eigenvalue weighted by Gasteiger charge is -2.10. The van der Waals surface area contributed by atoms with Crippen LogP contribution in [0.2, 0.25) is 0 Å². The highest BCUT2D eigenvalue weighted by Gasteiger charge is 2.00. The number of benzene rings is 2. The van der Waals surface area contributed by atoms with Crippen molar-refractivity contribution in [2.45, 2.75) is 6.92 Å². The van der Waals surface area contributed by atoms with Crippen LogP contribution >= 0.6 is 0 Å². The van der Waals surface area contributed by atoms with Gasteiger partial charge in [-0.1, -0.05) is 12.1 Å². The van der Waals surface area contributed by atoms with E-state index >= 15 is 0 Å². The number of anilines is 2. The average molecular weight is 286 g/mol. The first kappa shape index (κ1) is 14.7. The Labute approximate surface area is 123 Å². The number of nitrogen functional groups attached to an aromatic ring is 1. The van der Waals surface area contributed by atoms with Crippen LogP contribution in [-0.2, 0) is 4.79 Å². The third-order valence-electron chi connectivity index (χ3n) is 2.70. The number of nitrogens with two attached hydrogens (primary N) is 1. The highest BCUT2D eigenvalue weighted by molar-refractivity contribution is 5.88. The summed E-state index contributed by atoms with van der Waals surface area (Å²) in [5.41, 5.74) is 7.12. The zero-order chi connectivity index (χ0) is 15.1. The molecule has 110 valence electrons. The molecule has 1 amide bonds. The van der Waals surface area contributed by atoms with Crippen molar-refractivity contribution in [1.82, 2.24) is 0 Å². The van der Waals surface area contributed by atoms with Gasteiger partial charge in [0.15, 0.2) is 0 Å². The van der Waals surface area contributed by atoms with Crippen molar-refractivity contribution in [3.05, 3.63) is 48.5 Å². The Morgan fingerprint density at radius 1 is 1.05 bits per heavy atom. The van der Waals surface area contributed by atoms with Gasteiger partial charge >= 0.3 is 0 Å². The quantitative estimate of drug-likeness (QED) is 0.632. The van der Waals surface area contributed by atoms with Gasteiger partial charge in [-0.3, -0.25) is 4.79 Å². The van der Waals surface area contributed by atoms with Crippen LogP contribution in [0.15, 0.2) is 48.5 Å². The van der Waals surface area contributed by atoms with Crippen molar-refractivity contribution in [2.75, 3.05) is 24.3 Å². The lowest BCUT2D eigenvalue weighted by atomic mass is 10.3. The van der Waals surface area contributed by atoms with Crippen LogP contribution in [0.25, 0.3) is 0 Å². The number of nitrogens with one attached hydrogen (secondary N) is 1. The van der Waals surface area contributed by atoms with E-state index in [0.717, 1.165) is 5.69 Å². The highest BCUT2D eigenvalue weighted by Crippen LogP contribution is 2.20. The summed E-state index contributed by atoms with van der Waals surface area (Å²) >= 11 is 0. The maximum atomic E-state index is 10.9. The fraction of sp³-hybridized carbons (Fsp3) is 0.188. The van der Waals surface area contributed by atoms with Crippen molar-refractivity contribution in [3.8, 4) is 11.5 Å². The molecule has 0 spiro atoms. The molecule has 0 radical (unpaired) electrons. The molecule has 0 aliphatic rings. The van der Waals surface area contributed by atoms with E-state index in [4.69, 9.17) is 15.2 Å². The molecular formula is C16H18N2O3. The molecular weight excluding hydrogens is 268 g/mol. The minimum atomic E-state index is -0.0995. The standard InChI is InChI=1S/C16H18N2O3/c1-12(19)18-13-6-8-14(9-7-13)20-10-11-21-16-5-3-2-4-15(16)17/h2-9H,10-11,17H2,1H3,(H,18,19). The van der Waals surface area contributed by atoms with E-state index in [9.17, 15) is 4.79 Å². The molecule has 0 aromatic heterocycles. The van der Waals surface area contributed by atoms with Crippen molar-refractivity contribution >= 4 is 17.3 Å². The SMILES string of the molecule is CC(=O)Nc1ccc(OCCOc2ccccc2N)cc1. The molecule has 2 rings (SSSR count). The first-order valence-electron chi connectivity index (χ1n) is 6.63. The van der Waals surface area contributed by atoms with Gasteiger partial charge in [-0.15, -0.1) is 0 Å². The van der Waals surface area contributed by atoms with Gasteiger partial charge in [-0.2, -0.15) is 0 Å². The summed E-state index contributed by atoms with van der Waals surface area (Å²) in [6.45, 7) is 2.28. The largest absolute Gasteiger partial charge is 0.490 e. The second-order valence-corrected chi connectivity index (χ2v) is 4.44. The zero-order valence-corrected chi connectivity index (χ0v) is 11.8. The Bertz CT molecular complexity index is 597. The van der Waals surface area contributed by atoms with E-state index in [1.54, 1.807) is 30.3 Å². The van der Waals surface area contributed by atoms with Gasteiger partial charge in [0, 0.05) is 12.6 Å². The predicted octanol–water partition coefficient (Wildman–Crippen LogP) is 2.68. The smallest absolute Gasteiger partial charge is 0.221 e. The lowest BCUT2D eigenvalue weighted by molar-refractivity contribution is -0.114. The van der Waals surface area contributed by atoms with Crippen molar-refractivity contribution in [1.29, 1.82) is 0 Å². The summed E-state index contributed by atoms with van der Waals surface area (Å²) in [6, 6.07) is 14.5. The Morgan fingerprint density at radius 2 is 1.71 bits per heavy atom. The van der Waals surface area contributed by atoms with Gasteiger partial charge in [0.2, 0.25) is 5.91 Å². The fourth-order valence-corrected chi connectivity index (χ4v) is 1.76. The van der Waals surface area contributed by atoms with Gasteiger partial charge in [-0.25, -0.2) is 0 Å². The summed E-state index contributed by atoms with van der Waals surface area (Å²) < 4.78 is 11.1. The third-order valence-corrected chi connectivity index (χ3v) is 2.70. The van der Waals surface area contributed by atoms with Crippen LogP contribution < -0.4 is 20.5 Å². The number of carbonyl (C=O) groups is 1. The minimum Gasteiger partial charge on any atom is -0.490 e. The van der Waals surface area contributed by atoms with E-state index in [1.807, 2.05) is 18.2 Å². The first-order valence-corrected chi connectivity index (χ1v) is 6.63. The van der Waals surface area contributed by atoms with E-state index in [1.165, 1.54) is 6.92 Å². The molecule has 2 aromatic carbocycles. The number of hydrogen-bond donors (Lipinski definition) is 2. The molecule has 0 fully saturated rings. The molecule has 0 saturated carbocycles. The molecule has 0 aliphatic heterocycles. The number of rotatable bonds is 6. The van der Waals surface area contributed by atoms with Crippen molar-refractivity contribution in [2.24, 2.45) is 0 Å². The minimum absolute atomic E-state index is 0.0995. The normalized spacial score (nSPS) is 9.95. The van der Waals surface area contributed by atoms with Gasteiger partial charge in [0.05, 0.1) is 5.69 Å². The third kappa shape index (κ3) is 4.72. The maximum absolute atomic E-state index is 10.9. The Hall–Kier alpha value is -2.69. The van der Waals surface area contributed by atoms with Crippen LogP contribution in [0, 0.1) is 0 Å². The zero-order valence-electron chi connectivity index (χ0n) is 11.8. The number of carbonyl (C=O) groups excluding carboxylic acids is 1. The maximum Gasteiger partial charge on any atom is 0.221 e. The van der Waals surface area contributed by atoms with Crippen LogP contribution in [0.3, 0.4) is 0 Å². The topological polar surface area (TPSA) is 73.6 Å². The highest BCUT2D eigenvalue weighted by atomic mass is 16.5. The summed E-state index contributed by atoms with van der Waals surface area (Å²) in [5.74, 6) is 1.27. The lowest BCUT2D eigenvalue weighted by Crippen LogP contribution is -2.10. The molecule has 0 bridgehead atoms. The number of ether oxygens (including phenoxy) is 2. The molecule has 21 heavy (non-hydrogen) atoms. The molecule has 0 unspecified atom stereocenters. The van der Waals surface area contributed by atoms with E-state index in [-0.39, 0.29) is 5.91 Å². The average Bonchev–Trinajstić information content (AvgIpc) is 2.46. The van der Waals surface area contributed by atoms with Gasteiger partial charge in [-0.05, 0) is 36.4 Å². The van der Waals surface area contributed by atoms with Crippen molar-refractivity contribution < 1.29 is 14.3 Å². The van der Waals surface area contributed by atoms with Gasteiger partial charge in [0.25, 0.3) is 0 Å². The number of amides is 1. The molecule has 3 N–H and O–H groups in total. The molecule has 5 nitrogen and oxygen atoms in total. The fourth-order valence-electron chi connectivity index (χ4n) is 1.76. The number of hydrogen-bond acceptors (Lipinski definition) is 4. The Balaban J connectivity index is 1.76. The van der Waals surface area contributed by atoms with E-state index in [2.05, 4.69) is 5.32 Å². The molecule has 5 heteroatoms.